The van der Waals surface area contributed by atoms with Crippen molar-refractivity contribution in [2.75, 3.05) is 0 Å². The molecule has 0 saturated carbocycles. The molecule has 0 N–H and O–H groups in total. The minimum atomic E-state index is -0.0783. The summed E-state index contributed by atoms with van der Waals surface area (Å²) < 4.78 is 4.61. The Morgan fingerprint density at radius 3 is 1.06 bits per heavy atom. The number of fused-ring (bicyclic) bond motifs is 6. The zero-order chi connectivity index (χ0) is 48.1. The zero-order valence-electron chi connectivity index (χ0n) is 41.5. The first-order valence-corrected chi connectivity index (χ1v) is 23.8. The van der Waals surface area contributed by atoms with Gasteiger partial charge < -0.3 is 9.13 Å². The number of benzene rings is 7. The van der Waals surface area contributed by atoms with Crippen LogP contribution in [-0.2, 0) is 21.7 Å². The first-order chi connectivity index (χ1) is 32.2. The van der Waals surface area contributed by atoms with Crippen LogP contribution < -0.4 is 0 Å². The van der Waals surface area contributed by atoms with Gasteiger partial charge in [0.1, 0.15) is 6.07 Å². The van der Waals surface area contributed by atoms with E-state index in [4.69, 9.17) is 15.0 Å². The van der Waals surface area contributed by atoms with Crippen LogP contribution in [0.4, 0.5) is 0 Å². The van der Waals surface area contributed by atoms with Crippen LogP contribution in [0.2, 0.25) is 0 Å². The third-order valence-corrected chi connectivity index (χ3v) is 13.6. The first-order valence-electron chi connectivity index (χ1n) is 23.8. The lowest BCUT2D eigenvalue weighted by Gasteiger charge is -2.21. The number of hydrogen-bond acceptors (Lipinski definition) is 4. The van der Waals surface area contributed by atoms with Crippen LogP contribution in [0.15, 0.2) is 146 Å². The van der Waals surface area contributed by atoms with Gasteiger partial charge in [0.2, 0.25) is 0 Å². The maximum absolute atomic E-state index is 11.7. The fraction of sp³-hybridized carbons (Fsp3) is 0.258. The van der Waals surface area contributed by atoms with Gasteiger partial charge in [-0.1, -0.05) is 168 Å². The molecular formula is C62H60N6. The summed E-state index contributed by atoms with van der Waals surface area (Å²) in [6.45, 7) is 27.2. The summed E-state index contributed by atoms with van der Waals surface area (Å²) in [4.78, 5) is 15.8. The molecule has 3 heterocycles. The van der Waals surface area contributed by atoms with Crippen LogP contribution in [0.1, 0.15) is 111 Å². The quantitative estimate of drug-likeness (QED) is 0.173. The molecule has 6 nitrogen and oxygen atoms in total. The SMILES string of the molecule is CC(C)(C)c1ccc2c(c1)c1cc(C(C)(C)C)ccc1n2-c1cc(C#N)c(-n2c3ccc(C(C)(C)C)cc3c3cc(C(C)(C)C)ccc32)c(-c2nc(-c3ccccc3)nc(-c3ccccc3)n2)c1. The van der Waals surface area contributed by atoms with Crippen molar-refractivity contribution >= 4 is 43.6 Å². The molecule has 0 unspecified atom stereocenters. The molecule has 7 aromatic carbocycles. The molecule has 0 aliphatic heterocycles. The molecule has 0 bridgehead atoms. The number of nitrogens with zero attached hydrogens (tertiary/aromatic N) is 6. The molecule has 0 atom stereocenters. The van der Waals surface area contributed by atoms with Crippen LogP contribution in [-0.4, -0.2) is 24.1 Å². The number of rotatable bonds is 5. The Bertz CT molecular complexity index is 3450. The Balaban J connectivity index is 1.37. The smallest absolute Gasteiger partial charge is 0.166 e. The van der Waals surface area contributed by atoms with Crippen LogP contribution in [0.5, 0.6) is 0 Å². The second kappa shape index (κ2) is 15.9. The summed E-state index contributed by atoms with van der Waals surface area (Å²) in [7, 11) is 0. The predicted molar refractivity (Wildman–Crippen MR) is 284 cm³/mol. The summed E-state index contributed by atoms with van der Waals surface area (Å²) >= 11 is 0. The Hall–Kier alpha value is -7.36. The van der Waals surface area contributed by atoms with E-state index in [0.29, 0.717) is 23.0 Å². The maximum atomic E-state index is 11.7. The second-order valence-corrected chi connectivity index (χ2v) is 22.6. The molecule has 0 radical (unpaired) electrons. The minimum absolute atomic E-state index is 0.0533. The van der Waals surface area contributed by atoms with Gasteiger partial charge >= 0.3 is 0 Å². The van der Waals surface area contributed by atoms with Crippen molar-refractivity contribution in [1.29, 1.82) is 5.26 Å². The predicted octanol–water partition coefficient (Wildman–Crippen LogP) is 16.1. The Labute approximate surface area is 401 Å². The third-order valence-electron chi connectivity index (χ3n) is 13.6. The average molecular weight is 889 g/mol. The van der Waals surface area contributed by atoms with E-state index in [1.807, 2.05) is 60.7 Å². The maximum Gasteiger partial charge on any atom is 0.166 e. The van der Waals surface area contributed by atoms with Crippen molar-refractivity contribution < 1.29 is 0 Å². The van der Waals surface area contributed by atoms with E-state index in [1.165, 1.54) is 33.0 Å². The molecule has 0 aliphatic carbocycles. The molecule has 10 aromatic rings. The normalized spacial score (nSPS) is 12.7. The zero-order valence-corrected chi connectivity index (χ0v) is 41.5. The van der Waals surface area contributed by atoms with E-state index in [1.54, 1.807) is 0 Å². The summed E-state index contributed by atoms with van der Waals surface area (Å²) in [5.41, 5.74) is 13.4. The summed E-state index contributed by atoms with van der Waals surface area (Å²) in [6, 6.07) is 54.6. The molecular weight excluding hydrogens is 829 g/mol. The van der Waals surface area contributed by atoms with Crippen LogP contribution in [0, 0.1) is 11.3 Å². The lowest BCUT2D eigenvalue weighted by Crippen LogP contribution is -2.11. The van der Waals surface area contributed by atoms with Gasteiger partial charge in [0.15, 0.2) is 17.5 Å². The lowest BCUT2D eigenvalue weighted by molar-refractivity contribution is 0.590. The number of nitriles is 1. The minimum Gasteiger partial charge on any atom is -0.309 e. The van der Waals surface area contributed by atoms with Crippen LogP contribution in [0.25, 0.3) is 89.2 Å². The summed E-state index contributed by atoms with van der Waals surface area (Å²) in [6.07, 6.45) is 0. The lowest BCUT2D eigenvalue weighted by atomic mass is 9.85. The van der Waals surface area contributed by atoms with Gasteiger partial charge in [-0.15, -0.1) is 0 Å². The monoisotopic (exact) mass is 888 g/mol. The van der Waals surface area contributed by atoms with Gasteiger partial charge in [0.25, 0.3) is 0 Å². The molecule has 68 heavy (non-hydrogen) atoms. The van der Waals surface area contributed by atoms with Crippen molar-refractivity contribution in [3.63, 3.8) is 0 Å². The van der Waals surface area contributed by atoms with Crippen molar-refractivity contribution in [3.05, 3.63) is 173 Å². The Kier molecular flexibility index (Phi) is 10.4. The van der Waals surface area contributed by atoms with Crippen molar-refractivity contribution in [1.82, 2.24) is 24.1 Å². The van der Waals surface area contributed by atoms with Crippen LogP contribution in [0.3, 0.4) is 0 Å². The van der Waals surface area contributed by atoms with E-state index in [2.05, 4.69) is 183 Å². The van der Waals surface area contributed by atoms with Crippen LogP contribution >= 0.6 is 0 Å². The first kappa shape index (κ1) is 44.5. The topological polar surface area (TPSA) is 72.3 Å². The molecule has 0 amide bonds. The number of hydrogen-bond donors (Lipinski definition) is 0. The highest BCUT2D eigenvalue weighted by atomic mass is 15.1. The molecule has 3 aromatic heterocycles. The highest BCUT2D eigenvalue weighted by Gasteiger charge is 2.28. The van der Waals surface area contributed by atoms with E-state index in [-0.39, 0.29) is 21.7 Å². The molecule has 10 rings (SSSR count). The Morgan fingerprint density at radius 1 is 0.382 bits per heavy atom. The molecule has 0 fully saturated rings. The average Bonchev–Trinajstić information content (AvgIpc) is 3.81. The summed E-state index contributed by atoms with van der Waals surface area (Å²) in [5.74, 6) is 1.58. The van der Waals surface area contributed by atoms with Crippen molar-refractivity contribution in [2.24, 2.45) is 0 Å². The van der Waals surface area contributed by atoms with Gasteiger partial charge in [0.05, 0.1) is 33.3 Å². The third kappa shape index (κ3) is 7.74. The van der Waals surface area contributed by atoms with Gasteiger partial charge in [-0.2, -0.15) is 5.26 Å². The van der Waals surface area contributed by atoms with E-state index >= 15 is 0 Å². The Morgan fingerprint density at radius 2 is 0.721 bits per heavy atom. The fourth-order valence-electron chi connectivity index (χ4n) is 9.61. The van der Waals surface area contributed by atoms with E-state index in [0.717, 1.165) is 60.9 Å². The molecule has 0 spiro atoms. The van der Waals surface area contributed by atoms with Gasteiger partial charge in [-0.25, -0.2) is 15.0 Å². The molecule has 6 heteroatoms. The van der Waals surface area contributed by atoms with Gasteiger partial charge in [-0.05, 0) is 105 Å². The molecule has 338 valence electrons. The van der Waals surface area contributed by atoms with Gasteiger partial charge in [-0.3, -0.25) is 0 Å². The standard InChI is InChI=1S/C62H60N6/c1-59(2,3)41-23-27-51-46(32-41)47-33-42(60(4,5)6)24-28-52(47)67(51)45-31-40(37-63)55(50(36-45)58-65-56(38-19-15-13-16-20-38)64-57(66-58)39-21-17-14-18-22-39)68-53-29-25-43(61(7,8)9)34-48(53)49-35-44(62(10,11)12)26-30-54(49)68/h13-36H,1-12H3. The summed E-state index contributed by atoms with van der Waals surface area (Å²) in [5, 5.41) is 16.3. The van der Waals surface area contributed by atoms with E-state index in [9.17, 15) is 5.26 Å². The van der Waals surface area contributed by atoms with Gasteiger partial charge in [0, 0.05) is 43.9 Å². The largest absolute Gasteiger partial charge is 0.309 e. The number of aromatic nitrogens is 5. The highest BCUT2D eigenvalue weighted by molar-refractivity contribution is 6.12. The fourth-order valence-corrected chi connectivity index (χ4v) is 9.61. The highest BCUT2D eigenvalue weighted by Crippen LogP contribution is 2.44. The molecule has 0 saturated heterocycles. The van der Waals surface area contributed by atoms with E-state index < -0.39 is 0 Å². The van der Waals surface area contributed by atoms with Crippen molar-refractivity contribution in [2.45, 2.75) is 105 Å². The van der Waals surface area contributed by atoms with Crippen molar-refractivity contribution in [3.8, 4) is 51.6 Å². The second-order valence-electron chi connectivity index (χ2n) is 22.6. The molecule has 0 aliphatic rings.